The molecule has 8 heteroatoms. The first-order chi connectivity index (χ1) is 13.7. The van der Waals surface area contributed by atoms with Gasteiger partial charge in [-0.05, 0) is 30.7 Å². The van der Waals surface area contributed by atoms with Crippen molar-refractivity contribution in [3.05, 3.63) is 64.7 Å². The van der Waals surface area contributed by atoms with Gasteiger partial charge in [-0.2, -0.15) is 0 Å². The molecule has 2 amide bonds. The number of fused-ring (bicyclic) bond motifs is 1. The van der Waals surface area contributed by atoms with Gasteiger partial charge in [0.25, 0.3) is 0 Å². The summed E-state index contributed by atoms with van der Waals surface area (Å²) in [4.78, 5) is 39.6. The Kier molecular flexibility index (Phi) is 4.59. The number of imide groups is 1. The predicted octanol–water partition coefficient (Wildman–Crippen LogP) is 2.33. The first-order valence-electron chi connectivity index (χ1n) is 9.12. The summed E-state index contributed by atoms with van der Waals surface area (Å²) in [7, 11) is 0. The van der Waals surface area contributed by atoms with Crippen molar-refractivity contribution in [2.24, 2.45) is 11.8 Å². The van der Waals surface area contributed by atoms with Gasteiger partial charge in [0, 0.05) is 16.6 Å². The maximum atomic E-state index is 13.2. The van der Waals surface area contributed by atoms with Crippen LogP contribution < -0.4 is 5.32 Å². The molecule has 2 fully saturated rings. The van der Waals surface area contributed by atoms with Crippen LogP contribution in [0.1, 0.15) is 24.1 Å². The van der Waals surface area contributed by atoms with Crippen molar-refractivity contribution < 1.29 is 24.6 Å². The average Bonchev–Trinajstić information content (AvgIpc) is 3.14. The molecule has 4 atom stereocenters. The lowest BCUT2D eigenvalue weighted by molar-refractivity contribution is -0.150. The Morgan fingerprint density at radius 1 is 1.17 bits per heavy atom. The van der Waals surface area contributed by atoms with Crippen LogP contribution >= 0.6 is 11.6 Å². The molecule has 0 aromatic heterocycles. The highest BCUT2D eigenvalue weighted by molar-refractivity contribution is 6.30. The number of nitrogens with one attached hydrogen (secondary N) is 1. The van der Waals surface area contributed by atoms with Crippen LogP contribution in [0.15, 0.2) is 48.5 Å². The minimum Gasteiger partial charge on any atom is -0.508 e. The number of hydrogen-bond donors (Lipinski definition) is 3. The number of carbonyl (C=O) groups is 3. The van der Waals surface area contributed by atoms with Crippen LogP contribution in [-0.2, 0) is 20.9 Å². The number of halogens is 1. The summed E-state index contributed by atoms with van der Waals surface area (Å²) >= 11 is 6.06. The van der Waals surface area contributed by atoms with Gasteiger partial charge in [-0.3, -0.25) is 24.6 Å². The monoisotopic (exact) mass is 414 g/mol. The van der Waals surface area contributed by atoms with Crippen molar-refractivity contribution in [1.29, 1.82) is 0 Å². The average molecular weight is 415 g/mol. The number of benzene rings is 2. The third kappa shape index (κ3) is 2.97. The van der Waals surface area contributed by atoms with Crippen LogP contribution in [0.25, 0.3) is 0 Å². The second-order valence-electron chi connectivity index (χ2n) is 7.58. The Bertz CT molecular complexity index is 1010. The summed E-state index contributed by atoms with van der Waals surface area (Å²) in [6.07, 6.45) is 0. The van der Waals surface area contributed by atoms with E-state index in [2.05, 4.69) is 5.32 Å². The molecule has 2 aliphatic heterocycles. The van der Waals surface area contributed by atoms with Crippen molar-refractivity contribution in [2.45, 2.75) is 25.0 Å². The molecule has 2 aliphatic rings. The van der Waals surface area contributed by atoms with Crippen molar-refractivity contribution in [2.75, 3.05) is 0 Å². The van der Waals surface area contributed by atoms with Gasteiger partial charge < -0.3 is 10.2 Å². The Morgan fingerprint density at radius 2 is 1.86 bits per heavy atom. The number of hydrogen-bond acceptors (Lipinski definition) is 5. The molecule has 0 saturated carbocycles. The van der Waals surface area contributed by atoms with E-state index in [-0.39, 0.29) is 12.3 Å². The molecular formula is C21H19ClN2O5. The number of amides is 2. The molecule has 150 valence electrons. The lowest BCUT2D eigenvalue weighted by Gasteiger charge is -2.27. The number of aliphatic carboxylic acids is 1. The standard InChI is InChI=1S/C21H19ClN2O5/c1-21(20(28)29)16-15(17(23-21)13-9-12(22)7-8-14(13)25)18(26)24(19(16)27)10-11-5-3-2-4-6-11/h2-9,15-17,23,25H,10H2,1H3,(H,28,29)/t15-,16-,17+,21+/m1/s1. The number of aromatic hydroxyl groups is 1. The molecule has 29 heavy (non-hydrogen) atoms. The van der Waals surface area contributed by atoms with E-state index < -0.39 is 41.2 Å². The van der Waals surface area contributed by atoms with Crippen LogP contribution in [0.4, 0.5) is 0 Å². The zero-order valence-corrected chi connectivity index (χ0v) is 16.3. The Morgan fingerprint density at radius 3 is 2.52 bits per heavy atom. The highest BCUT2D eigenvalue weighted by Crippen LogP contribution is 2.50. The normalized spacial score (nSPS) is 28.6. The van der Waals surface area contributed by atoms with Gasteiger partial charge in [-0.25, -0.2) is 0 Å². The zero-order chi connectivity index (χ0) is 20.9. The summed E-state index contributed by atoms with van der Waals surface area (Å²) in [5.41, 5.74) is -0.607. The van der Waals surface area contributed by atoms with Crippen LogP contribution in [0, 0.1) is 11.8 Å². The number of carboxylic acid groups (broad SMARTS) is 1. The summed E-state index contributed by atoms with van der Waals surface area (Å²) in [6, 6.07) is 12.5. The second kappa shape index (κ2) is 6.86. The number of likely N-dealkylation sites (tertiary alicyclic amines) is 1. The topological polar surface area (TPSA) is 107 Å². The first-order valence-corrected chi connectivity index (χ1v) is 9.50. The number of phenolic OH excluding ortho intramolecular Hbond substituents is 1. The minimum absolute atomic E-state index is 0.0649. The van der Waals surface area contributed by atoms with Crippen molar-refractivity contribution in [3.63, 3.8) is 0 Å². The Hall–Kier alpha value is -2.90. The fraction of sp³-hybridized carbons (Fsp3) is 0.286. The van der Waals surface area contributed by atoms with Gasteiger partial charge in [0.15, 0.2) is 0 Å². The van der Waals surface area contributed by atoms with Crippen LogP contribution in [0.3, 0.4) is 0 Å². The molecule has 4 rings (SSSR count). The molecule has 7 nitrogen and oxygen atoms in total. The number of nitrogens with zero attached hydrogens (tertiary/aromatic N) is 1. The molecule has 2 saturated heterocycles. The fourth-order valence-electron chi connectivity index (χ4n) is 4.36. The molecule has 3 N–H and O–H groups in total. The van der Waals surface area contributed by atoms with Gasteiger partial charge in [-0.15, -0.1) is 0 Å². The lowest BCUT2D eigenvalue weighted by Crippen LogP contribution is -2.53. The molecule has 2 aromatic rings. The smallest absolute Gasteiger partial charge is 0.324 e. The SMILES string of the molecule is C[C@]1(C(=O)O)N[C@@H](c2cc(Cl)ccc2O)[C@@H]2C(=O)N(Cc3ccccc3)C(=O)[C@@H]21. The Labute approximate surface area is 171 Å². The van der Waals surface area contributed by atoms with Gasteiger partial charge >= 0.3 is 5.97 Å². The van der Waals surface area contributed by atoms with E-state index in [0.29, 0.717) is 10.6 Å². The predicted molar refractivity (Wildman–Crippen MR) is 104 cm³/mol. The third-order valence-corrected chi connectivity index (χ3v) is 6.07. The van der Waals surface area contributed by atoms with Gasteiger partial charge in [0.05, 0.1) is 18.4 Å². The fourth-order valence-corrected chi connectivity index (χ4v) is 4.54. The van der Waals surface area contributed by atoms with Gasteiger partial charge in [0.1, 0.15) is 11.3 Å². The van der Waals surface area contributed by atoms with Crippen LogP contribution in [0.2, 0.25) is 5.02 Å². The number of carboxylic acids is 1. The van der Waals surface area contributed by atoms with E-state index in [0.717, 1.165) is 10.5 Å². The number of rotatable bonds is 4. The summed E-state index contributed by atoms with van der Waals surface area (Å²) in [6.45, 7) is 1.46. The maximum Gasteiger partial charge on any atom is 0.324 e. The molecule has 2 aromatic carbocycles. The van der Waals surface area contributed by atoms with Crippen molar-refractivity contribution in [1.82, 2.24) is 10.2 Å². The molecule has 0 aliphatic carbocycles. The molecule has 0 spiro atoms. The third-order valence-electron chi connectivity index (χ3n) is 5.83. The number of phenols is 1. The highest BCUT2D eigenvalue weighted by atomic mass is 35.5. The largest absolute Gasteiger partial charge is 0.508 e. The van der Waals surface area contributed by atoms with Gasteiger partial charge in [0.2, 0.25) is 11.8 Å². The van der Waals surface area contributed by atoms with Crippen molar-refractivity contribution >= 4 is 29.4 Å². The molecule has 0 bridgehead atoms. The van der Waals surface area contributed by atoms with E-state index in [1.165, 1.54) is 25.1 Å². The quantitative estimate of drug-likeness (QED) is 0.663. The van der Waals surface area contributed by atoms with E-state index in [9.17, 15) is 24.6 Å². The van der Waals surface area contributed by atoms with E-state index in [4.69, 9.17) is 11.6 Å². The Balaban J connectivity index is 1.78. The van der Waals surface area contributed by atoms with E-state index in [1.54, 1.807) is 24.3 Å². The maximum absolute atomic E-state index is 13.2. The molecule has 0 unspecified atom stereocenters. The highest BCUT2D eigenvalue weighted by Gasteiger charge is 2.66. The van der Waals surface area contributed by atoms with Gasteiger partial charge in [-0.1, -0.05) is 41.9 Å². The molecule has 0 radical (unpaired) electrons. The van der Waals surface area contributed by atoms with E-state index in [1.807, 2.05) is 6.07 Å². The minimum atomic E-state index is -1.66. The second-order valence-corrected chi connectivity index (χ2v) is 8.02. The summed E-state index contributed by atoms with van der Waals surface area (Å²) < 4.78 is 0. The van der Waals surface area contributed by atoms with Crippen LogP contribution in [0.5, 0.6) is 5.75 Å². The van der Waals surface area contributed by atoms with Crippen LogP contribution in [-0.4, -0.2) is 38.4 Å². The molecule has 2 heterocycles. The molecular weight excluding hydrogens is 396 g/mol. The van der Waals surface area contributed by atoms with E-state index >= 15 is 0 Å². The summed E-state index contributed by atoms with van der Waals surface area (Å²) in [5.74, 6) is -4.42. The summed E-state index contributed by atoms with van der Waals surface area (Å²) in [5, 5.41) is 23.4. The first kappa shape index (κ1) is 19.4. The lowest BCUT2D eigenvalue weighted by atomic mass is 9.80. The van der Waals surface area contributed by atoms with Crippen molar-refractivity contribution in [3.8, 4) is 5.75 Å². The zero-order valence-electron chi connectivity index (χ0n) is 15.5. The number of carbonyl (C=O) groups excluding carboxylic acids is 2.